The van der Waals surface area contributed by atoms with Gasteiger partial charge in [-0.3, -0.25) is 9.59 Å². The fourth-order valence-electron chi connectivity index (χ4n) is 2.36. The van der Waals surface area contributed by atoms with Crippen molar-refractivity contribution in [1.29, 1.82) is 0 Å². The third-order valence-corrected chi connectivity index (χ3v) is 4.85. The van der Waals surface area contributed by atoms with Gasteiger partial charge in [0.1, 0.15) is 0 Å². The van der Waals surface area contributed by atoms with Crippen LogP contribution in [0.25, 0.3) is 0 Å². The van der Waals surface area contributed by atoms with Crippen LogP contribution in [0.2, 0.25) is 0 Å². The van der Waals surface area contributed by atoms with Crippen LogP contribution in [0.4, 0.5) is 0 Å². The van der Waals surface area contributed by atoms with E-state index in [9.17, 15) is 9.59 Å². The van der Waals surface area contributed by atoms with Gasteiger partial charge >= 0.3 is 0 Å². The minimum Gasteiger partial charge on any atom is -0.351 e. The fraction of sp³-hybridized carbons (Fsp3) is 0.867. The smallest absolute Gasteiger partial charge is 0.239 e. The second-order valence-corrected chi connectivity index (χ2v) is 7.90. The predicted octanol–water partition coefficient (Wildman–Crippen LogP) is 2.33. The molecule has 0 radical (unpaired) electrons. The molecule has 4 nitrogen and oxygen atoms in total. The summed E-state index contributed by atoms with van der Waals surface area (Å²) in [6, 6.07) is 0.257. The monoisotopic (exact) mass is 300 g/mol. The quantitative estimate of drug-likeness (QED) is 0.819. The molecule has 0 bridgehead atoms. The number of hydrogen-bond donors (Lipinski definition) is 2. The van der Waals surface area contributed by atoms with E-state index in [1.165, 1.54) is 19.3 Å². The number of carbonyl (C=O) groups is 2. The molecular formula is C15H28N2O2S. The van der Waals surface area contributed by atoms with Crippen LogP contribution in [0.3, 0.4) is 0 Å². The molecule has 1 saturated carbocycles. The lowest BCUT2D eigenvalue weighted by atomic mass is 9.94. The zero-order valence-corrected chi connectivity index (χ0v) is 13.9. The van der Waals surface area contributed by atoms with Crippen molar-refractivity contribution >= 4 is 23.6 Å². The molecule has 1 aliphatic carbocycles. The minimum atomic E-state index is -0.453. The maximum atomic E-state index is 12.0. The van der Waals surface area contributed by atoms with Gasteiger partial charge in [0.05, 0.1) is 6.54 Å². The number of carbonyl (C=O) groups excluding carboxylic acids is 2. The molecule has 1 fully saturated rings. The molecule has 20 heavy (non-hydrogen) atoms. The first-order chi connectivity index (χ1) is 9.34. The lowest BCUT2D eigenvalue weighted by Crippen LogP contribution is -2.48. The molecule has 2 amide bonds. The average molecular weight is 300 g/mol. The lowest BCUT2D eigenvalue weighted by molar-refractivity contribution is -0.131. The van der Waals surface area contributed by atoms with Crippen molar-refractivity contribution in [1.82, 2.24) is 10.6 Å². The van der Waals surface area contributed by atoms with Gasteiger partial charge in [0, 0.05) is 16.7 Å². The van der Waals surface area contributed by atoms with E-state index in [1.54, 1.807) is 0 Å². The molecule has 0 unspecified atom stereocenters. The second kappa shape index (κ2) is 7.91. The Kier molecular flexibility index (Phi) is 6.86. The number of rotatable bonds is 5. The summed E-state index contributed by atoms with van der Waals surface area (Å²) in [6.45, 7) is 7.76. The maximum Gasteiger partial charge on any atom is 0.239 e. The van der Waals surface area contributed by atoms with E-state index in [1.807, 2.05) is 32.5 Å². The Morgan fingerprint density at radius 1 is 1.20 bits per heavy atom. The molecule has 1 aliphatic rings. The van der Waals surface area contributed by atoms with Gasteiger partial charge in [-0.15, -0.1) is 0 Å². The van der Waals surface area contributed by atoms with Crippen molar-refractivity contribution in [3.05, 3.63) is 0 Å². The molecule has 0 aliphatic heterocycles. The molecule has 0 aromatic rings. The molecule has 2 atom stereocenters. The highest BCUT2D eigenvalue weighted by Gasteiger charge is 2.27. The third kappa shape index (κ3) is 5.73. The first kappa shape index (κ1) is 17.3. The highest BCUT2D eigenvalue weighted by molar-refractivity contribution is 7.99. The lowest BCUT2D eigenvalue weighted by Gasteiger charge is -2.31. The molecule has 0 spiro atoms. The summed E-state index contributed by atoms with van der Waals surface area (Å²) >= 11 is 1.93. The summed E-state index contributed by atoms with van der Waals surface area (Å²) in [6.07, 6.45) is 4.67. The van der Waals surface area contributed by atoms with Crippen molar-refractivity contribution in [2.75, 3.05) is 12.3 Å². The zero-order valence-electron chi connectivity index (χ0n) is 13.1. The maximum absolute atomic E-state index is 12.0. The third-order valence-electron chi connectivity index (χ3n) is 3.52. The van der Waals surface area contributed by atoms with Crippen molar-refractivity contribution < 1.29 is 9.59 Å². The number of thioether (sulfide) groups is 1. The summed E-state index contributed by atoms with van der Waals surface area (Å²) in [5, 5.41) is 6.31. The normalized spacial score (nSPS) is 23.2. The number of hydrogen-bond acceptors (Lipinski definition) is 3. The van der Waals surface area contributed by atoms with Crippen molar-refractivity contribution in [2.24, 2.45) is 5.41 Å². The Hall–Kier alpha value is -0.710. The molecular weight excluding hydrogens is 272 g/mol. The van der Waals surface area contributed by atoms with E-state index >= 15 is 0 Å². The first-order valence-electron chi connectivity index (χ1n) is 7.54. The van der Waals surface area contributed by atoms with Gasteiger partial charge in [0.15, 0.2) is 0 Å². The highest BCUT2D eigenvalue weighted by atomic mass is 32.2. The summed E-state index contributed by atoms with van der Waals surface area (Å²) in [4.78, 5) is 23.7. The largest absolute Gasteiger partial charge is 0.351 e. The van der Waals surface area contributed by atoms with E-state index in [0.29, 0.717) is 5.25 Å². The fourth-order valence-corrected chi connectivity index (χ4v) is 3.56. The van der Waals surface area contributed by atoms with Crippen molar-refractivity contribution in [3.8, 4) is 0 Å². The average Bonchev–Trinajstić information content (AvgIpc) is 2.37. The number of amides is 2. The van der Waals surface area contributed by atoms with Crippen molar-refractivity contribution in [3.63, 3.8) is 0 Å². The summed E-state index contributed by atoms with van der Waals surface area (Å²) in [7, 11) is 0. The van der Waals surface area contributed by atoms with Gasteiger partial charge in [-0.1, -0.05) is 40.5 Å². The van der Waals surface area contributed by atoms with Crippen LogP contribution in [-0.4, -0.2) is 35.4 Å². The standard InChI is InChI=1S/C15H28N2O2S/c1-5-20-12-9-7-6-8-11(12)17-13(18)10-16-14(19)15(2,3)4/h11-12H,5-10H2,1-4H3,(H,16,19)(H,17,18)/t11-,12+/m0/s1. The van der Waals surface area contributed by atoms with Gasteiger partial charge in [-0.05, 0) is 18.6 Å². The molecule has 0 heterocycles. The first-order valence-corrected chi connectivity index (χ1v) is 8.58. The van der Waals surface area contributed by atoms with Gasteiger partial charge in [-0.25, -0.2) is 0 Å². The molecule has 0 aromatic carbocycles. The Bertz CT molecular complexity index is 337. The van der Waals surface area contributed by atoms with Crippen LogP contribution in [0, 0.1) is 5.41 Å². The van der Waals surface area contributed by atoms with Gasteiger partial charge in [0.2, 0.25) is 11.8 Å². The Labute approximate surface area is 126 Å². The van der Waals surface area contributed by atoms with Crippen LogP contribution >= 0.6 is 11.8 Å². The Balaban J connectivity index is 2.38. The molecule has 1 rings (SSSR count). The topological polar surface area (TPSA) is 58.2 Å². The summed E-state index contributed by atoms with van der Waals surface area (Å²) in [5.74, 6) is 0.921. The molecule has 5 heteroatoms. The zero-order chi connectivity index (χ0) is 15.2. The molecule has 2 N–H and O–H groups in total. The van der Waals surface area contributed by atoms with E-state index in [-0.39, 0.29) is 24.4 Å². The Morgan fingerprint density at radius 3 is 2.45 bits per heavy atom. The second-order valence-electron chi connectivity index (χ2n) is 6.38. The van der Waals surface area contributed by atoms with E-state index < -0.39 is 5.41 Å². The summed E-state index contributed by atoms with van der Waals surface area (Å²) in [5.41, 5.74) is -0.453. The van der Waals surface area contributed by atoms with Gasteiger partial charge in [-0.2, -0.15) is 11.8 Å². The molecule has 116 valence electrons. The number of nitrogens with one attached hydrogen (secondary N) is 2. The van der Waals surface area contributed by atoms with Gasteiger partial charge in [0.25, 0.3) is 0 Å². The van der Waals surface area contributed by atoms with E-state index in [2.05, 4.69) is 17.6 Å². The SMILES string of the molecule is CCS[C@@H]1CCCC[C@@H]1NC(=O)CNC(=O)C(C)(C)C. The predicted molar refractivity (Wildman–Crippen MR) is 84.8 cm³/mol. The van der Waals surface area contributed by atoms with Crippen LogP contribution in [0.1, 0.15) is 53.4 Å². The van der Waals surface area contributed by atoms with Crippen LogP contribution in [0.5, 0.6) is 0 Å². The van der Waals surface area contributed by atoms with Crippen LogP contribution in [0.15, 0.2) is 0 Å². The molecule has 0 aromatic heterocycles. The highest BCUT2D eigenvalue weighted by Crippen LogP contribution is 2.28. The van der Waals surface area contributed by atoms with E-state index in [4.69, 9.17) is 0 Å². The van der Waals surface area contributed by atoms with Crippen LogP contribution in [-0.2, 0) is 9.59 Å². The minimum absolute atomic E-state index is 0.0730. The summed E-state index contributed by atoms with van der Waals surface area (Å²) < 4.78 is 0. The van der Waals surface area contributed by atoms with E-state index in [0.717, 1.165) is 12.2 Å². The van der Waals surface area contributed by atoms with Crippen molar-refractivity contribution in [2.45, 2.75) is 64.7 Å². The Morgan fingerprint density at radius 2 is 1.85 bits per heavy atom. The van der Waals surface area contributed by atoms with Gasteiger partial charge < -0.3 is 10.6 Å². The molecule has 0 saturated heterocycles. The van der Waals surface area contributed by atoms with Crippen LogP contribution < -0.4 is 10.6 Å².